The standard InChI is InChI=1S/C15H19F3N2O3S/c1-20(13-5-6-24(22,23)10-13)9-14(21)19-8-11-3-2-4-12(7-11)15(16,17)18/h2-4,7,13H,5-6,8-10H2,1H3,(H,19,21). The van der Waals surface area contributed by atoms with Gasteiger partial charge in [-0.25, -0.2) is 8.42 Å². The van der Waals surface area contributed by atoms with Crippen LogP contribution in [0.2, 0.25) is 0 Å². The van der Waals surface area contributed by atoms with Gasteiger partial charge in [0.05, 0.1) is 23.6 Å². The van der Waals surface area contributed by atoms with Crippen molar-refractivity contribution >= 4 is 15.7 Å². The molecular weight excluding hydrogens is 345 g/mol. The molecule has 0 spiro atoms. The number of nitrogens with zero attached hydrogens (tertiary/aromatic N) is 1. The van der Waals surface area contributed by atoms with Gasteiger partial charge in [0, 0.05) is 12.6 Å². The van der Waals surface area contributed by atoms with Crippen LogP contribution in [-0.2, 0) is 27.4 Å². The molecule has 1 atom stereocenters. The SMILES string of the molecule is CN(CC(=O)NCc1cccc(C(F)(F)F)c1)C1CCS(=O)(=O)C1. The Hall–Kier alpha value is -1.61. The first-order valence-electron chi connectivity index (χ1n) is 7.40. The number of amides is 1. The minimum Gasteiger partial charge on any atom is -0.351 e. The van der Waals surface area contributed by atoms with E-state index >= 15 is 0 Å². The molecule has 1 amide bonds. The molecule has 2 rings (SSSR count). The summed E-state index contributed by atoms with van der Waals surface area (Å²) in [5, 5.41) is 2.56. The van der Waals surface area contributed by atoms with Crippen LogP contribution in [0.25, 0.3) is 0 Å². The van der Waals surface area contributed by atoms with Crippen LogP contribution in [0.1, 0.15) is 17.5 Å². The van der Waals surface area contributed by atoms with Gasteiger partial charge in [-0.05, 0) is 31.2 Å². The number of hydrogen-bond acceptors (Lipinski definition) is 4. The summed E-state index contributed by atoms with van der Waals surface area (Å²) in [5.74, 6) is -0.211. The number of likely N-dealkylation sites (N-methyl/N-ethyl adjacent to an activating group) is 1. The summed E-state index contributed by atoms with van der Waals surface area (Å²) in [5.41, 5.74) is -0.410. The number of sulfone groups is 1. The summed E-state index contributed by atoms with van der Waals surface area (Å²) in [4.78, 5) is 13.6. The van der Waals surface area contributed by atoms with Gasteiger partial charge >= 0.3 is 6.18 Å². The summed E-state index contributed by atoms with van der Waals surface area (Å²) in [7, 11) is -1.37. The van der Waals surface area contributed by atoms with Gasteiger partial charge in [0.15, 0.2) is 9.84 Å². The van der Waals surface area contributed by atoms with Crippen molar-refractivity contribution in [2.75, 3.05) is 25.1 Å². The molecule has 1 N–H and O–H groups in total. The molecule has 1 saturated heterocycles. The Kier molecular flexibility index (Phi) is 5.54. The maximum absolute atomic E-state index is 12.6. The highest BCUT2D eigenvalue weighted by Gasteiger charge is 2.31. The summed E-state index contributed by atoms with van der Waals surface area (Å²) < 4.78 is 60.8. The van der Waals surface area contributed by atoms with Gasteiger partial charge in [0.25, 0.3) is 0 Å². The normalized spacial score (nSPS) is 20.3. The first-order valence-corrected chi connectivity index (χ1v) is 9.22. The van der Waals surface area contributed by atoms with Crippen LogP contribution < -0.4 is 5.32 Å². The van der Waals surface area contributed by atoms with E-state index in [0.29, 0.717) is 12.0 Å². The van der Waals surface area contributed by atoms with Crippen LogP contribution in [0, 0.1) is 0 Å². The Labute approximate surface area is 138 Å². The molecule has 1 aromatic rings. The molecule has 1 aliphatic rings. The zero-order chi connectivity index (χ0) is 18.0. The number of nitrogens with one attached hydrogen (secondary N) is 1. The predicted molar refractivity (Wildman–Crippen MR) is 83.0 cm³/mol. The van der Waals surface area contributed by atoms with Crippen molar-refractivity contribution in [2.24, 2.45) is 0 Å². The highest BCUT2D eigenvalue weighted by Crippen LogP contribution is 2.29. The number of rotatable bonds is 5. The van der Waals surface area contributed by atoms with Crippen molar-refractivity contribution in [2.45, 2.75) is 25.2 Å². The first kappa shape index (κ1) is 18.7. The monoisotopic (exact) mass is 364 g/mol. The first-order chi connectivity index (χ1) is 11.1. The number of halogens is 3. The quantitative estimate of drug-likeness (QED) is 0.859. The van der Waals surface area contributed by atoms with Crippen LogP contribution in [0.5, 0.6) is 0 Å². The minimum atomic E-state index is -4.42. The highest BCUT2D eigenvalue weighted by atomic mass is 32.2. The van der Waals surface area contributed by atoms with Crippen LogP contribution in [-0.4, -0.2) is 50.4 Å². The second-order valence-electron chi connectivity index (χ2n) is 5.95. The molecule has 0 aromatic heterocycles. The lowest BCUT2D eigenvalue weighted by Crippen LogP contribution is -2.41. The Balaban J connectivity index is 1.85. The van der Waals surface area contributed by atoms with Gasteiger partial charge in [0.2, 0.25) is 5.91 Å². The number of hydrogen-bond donors (Lipinski definition) is 1. The van der Waals surface area contributed by atoms with Crippen molar-refractivity contribution < 1.29 is 26.4 Å². The van der Waals surface area contributed by atoms with Crippen LogP contribution in [0.4, 0.5) is 13.2 Å². The van der Waals surface area contributed by atoms with E-state index in [1.807, 2.05) is 0 Å². The maximum Gasteiger partial charge on any atom is 0.416 e. The largest absolute Gasteiger partial charge is 0.416 e. The van der Waals surface area contributed by atoms with E-state index < -0.39 is 21.6 Å². The van der Waals surface area contributed by atoms with Crippen LogP contribution in [0.3, 0.4) is 0 Å². The third kappa shape index (κ3) is 5.20. The van der Waals surface area contributed by atoms with E-state index in [1.54, 1.807) is 11.9 Å². The molecule has 1 aliphatic heterocycles. The zero-order valence-corrected chi connectivity index (χ0v) is 14.0. The van der Waals surface area contributed by atoms with Crippen molar-refractivity contribution in [3.63, 3.8) is 0 Å². The molecule has 1 unspecified atom stereocenters. The molecule has 1 fully saturated rings. The summed E-state index contributed by atoms with van der Waals surface area (Å²) in [6, 6.07) is 4.56. The van der Waals surface area contributed by atoms with Gasteiger partial charge < -0.3 is 5.32 Å². The fraction of sp³-hybridized carbons (Fsp3) is 0.533. The van der Waals surface area contributed by atoms with Crippen molar-refractivity contribution in [1.82, 2.24) is 10.2 Å². The third-order valence-electron chi connectivity index (χ3n) is 3.97. The minimum absolute atomic E-state index is 0.000845. The van der Waals surface area contributed by atoms with Gasteiger partial charge in [0.1, 0.15) is 0 Å². The Bertz CT molecular complexity index is 704. The smallest absolute Gasteiger partial charge is 0.351 e. The van der Waals surface area contributed by atoms with Crippen LogP contribution in [0.15, 0.2) is 24.3 Å². The molecule has 134 valence electrons. The average Bonchev–Trinajstić information content (AvgIpc) is 2.85. The van der Waals surface area contributed by atoms with Gasteiger partial charge in [-0.2, -0.15) is 13.2 Å². The predicted octanol–water partition coefficient (Wildman–Crippen LogP) is 1.44. The van der Waals surface area contributed by atoms with Gasteiger partial charge in [-0.1, -0.05) is 12.1 Å². The molecule has 1 aromatic carbocycles. The van der Waals surface area contributed by atoms with Crippen molar-refractivity contribution in [3.05, 3.63) is 35.4 Å². The number of alkyl halides is 3. The Morgan fingerprint density at radius 2 is 2.08 bits per heavy atom. The van der Waals surface area contributed by atoms with E-state index in [9.17, 15) is 26.4 Å². The average molecular weight is 364 g/mol. The van der Waals surface area contributed by atoms with Crippen LogP contribution >= 0.6 is 0 Å². The van der Waals surface area contributed by atoms with E-state index in [-0.39, 0.29) is 36.5 Å². The second kappa shape index (κ2) is 7.10. The molecule has 0 radical (unpaired) electrons. The van der Waals surface area contributed by atoms with Gasteiger partial charge in [-0.15, -0.1) is 0 Å². The molecule has 5 nitrogen and oxygen atoms in total. The van der Waals surface area contributed by atoms with Gasteiger partial charge in [-0.3, -0.25) is 9.69 Å². The lowest BCUT2D eigenvalue weighted by molar-refractivity contribution is -0.137. The molecular formula is C15H19F3N2O3S. The molecule has 9 heteroatoms. The van der Waals surface area contributed by atoms with E-state index in [4.69, 9.17) is 0 Å². The topological polar surface area (TPSA) is 66.5 Å². The molecule has 0 saturated carbocycles. The molecule has 1 heterocycles. The highest BCUT2D eigenvalue weighted by molar-refractivity contribution is 7.91. The van der Waals surface area contributed by atoms with Crippen molar-refractivity contribution in [1.29, 1.82) is 0 Å². The summed E-state index contributed by atoms with van der Waals surface area (Å²) in [6.45, 7) is -0.0152. The lowest BCUT2D eigenvalue weighted by atomic mass is 10.1. The summed E-state index contributed by atoms with van der Waals surface area (Å²) in [6.07, 6.45) is -3.94. The second-order valence-corrected chi connectivity index (χ2v) is 8.18. The van der Waals surface area contributed by atoms with E-state index in [0.717, 1.165) is 12.1 Å². The Morgan fingerprint density at radius 3 is 2.67 bits per heavy atom. The number of benzene rings is 1. The maximum atomic E-state index is 12.6. The van der Waals surface area contributed by atoms with E-state index in [2.05, 4.69) is 5.32 Å². The van der Waals surface area contributed by atoms with Crippen molar-refractivity contribution in [3.8, 4) is 0 Å². The fourth-order valence-electron chi connectivity index (χ4n) is 2.59. The van der Waals surface area contributed by atoms with E-state index in [1.165, 1.54) is 12.1 Å². The fourth-order valence-corrected chi connectivity index (χ4v) is 4.40. The number of carbonyl (C=O) groups excluding carboxylic acids is 1. The molecule has 24 heavy (non-hydrogen) atoms. The molecule has 0 aliphatic carbocycles. The number of carbonyl (C=O) groups is 1. The Morgan fingerprint density at radius 1 is 1.38 bits per heavy atom. The lowest BCUT2D eigenvalue weighted by Gasteiger charge is -2.22. The zero-order valence-electron chi connectivity index (χ0n) is 13.1. The molecule has 0 bridgehead atoms. The summed E-state index contributed by atoms with van der Waals surface area (Å²) >= 11 is 0. The third-order valence-corrected chi connectivity index (χ3v) is 5.72.